The molecule has 7 nitrogen and oxygen atoms in total. The van der Waals surface area contributed by atoms with Gasteiger partial charge in [0.1, 0.15) is 0 Å². The lowest BCUT2D eigenvalue weighted by atomic mass is 10.2. The van der Waals surface area contributed by atoms with Gasteiger partial charge in [-0.2, -0.15) is 0 Å². The third kappa shape index (κ3) is 2.27. The fourth-order valence-corrected chi connectivity index (χ4v) is 1.79. The Hall–Kier alpha value is -2.79. The van der Waals surface area contributed by atoms with Crippen LogP contribution in [0.5, 0.6) is 0 Å². The molecular formula is C12H10N4O3. The largest absolute Gasteiger partial charge is 0.449 e. The minimum Gasteiger partial charge on any atom is -0.449 e. The van der Waals surface area contributed by atoms with Crippen molar-refractivity contribution in [2.24, 2.45) is 5.11 Å². The number of hydrogen-bond acceptors (Lipinski definition) is 3. The van der Waals surface area contributed by atoms with Crippen LogP contribution in [0.15, 0.2) is 35.6 Å². The highest BCUT2D eigenvalue weighted by Gasteiger charge is 2.17. The molecule has 0 N–H and O–H groups in total. The topological polar surface area (TPSA) is 97.1 Å². The maximum Gasteiger partial charge on any atom is 0.418 e. The molecular weight excluding hydrogens is 248 g/mol. The van der Waals surface area contributed by atoms with Crippen LogP contribution >= 0.6 is 0 Å². The summed E-state index contributed by atoms with van der Waals surface area (Å²) in [4.78, 5) is 25.9. The molecule has 0 saturated heterocycles. The Balaban J connectivity index is 2.64. The molecule has 0 saturated carbocycles. The zero-order chi connectivity index (χ0) is 13.8. The van der Waals surface area contributed by atoms with Gasteiger partial charge in [0, 0.05) is 16.5 Å². The van der Waals surface area contributed by atoms with Crippen LogP contribution in [0, 0.1) is 0 Å². The molecule has 96 valence electrons. The van der Waals surface area contributed by atoms with Crippen LogP contribution in [0.1, 0.15) is 17.3 Å². The summed E-state index contributed by atoms with van der Waals surface area (Å²) in [5.41, 5.74) is 9.00. The molecule has 0 aliphatic carbocycles. The molecule has 1 amide bonds. The smallest absolute Gasteiger partial charge is 0.418 e. The first-order valence-electron chi connectivity index (χ1n) is 5.55. The number of carbonyl (C=O) groups excluding carboxylic acids is 2. The second-order valence-corrected chi connectivity index (χ2v) is 3.62. The number of fused-ring (bicyclic) bond motifs is 1. The van der Waals surface area contributed by atoms with Crippen molar-refractivity contribution in [1.82, 2.24) is 4.57 Å². The minimum absolute atomic E-state index is 0.168. The van der Waals surface area contributed by atoms with Crippen molar-refractivity contribution in [2.45, 2.75) is 6.92 Å². The van der Waals surface area contributed by atoms with E-state index < -0.39 is 12.0 Å². The molecule has 1 aromatic heterocycles. The highest BCUT2D eigenvalue weighted by atomic mass is 16.5. The number of ether oxygens (including phenoxy) is 1. The van der Waals surface area contributed by atoms with Crippen molar-refractivity contribution >= 4 is 22.9 Å². The number of para-hydroxylation sites is 1. The number of azide groups is 1. The van der Waals surface area contributed by atoms with Gasteiger partial charge in [-0.05, 0) is 23.6 Å². The Morgan fingerprint density at radius 3 is 2.84 bits per heavy atom. The number of amides is 1. The zero-order valence-electron chi connectivity index (χ0n) is 10.1. The lowest BCUT2D eigenvalue weighted by Gasteiger charge is -2.02. The molecule has 19 heavy (non-hydrogen) atoms. The van der Waals surface area contributed by atoms with E-state index in [2.05, 4.69) is 10.0 Å². The molecule has 0 spiro atoms. The SMILES string of the molecule is CCOC(=O)n1cc(C(=O)N=[N+]=[N-])c2ccccc21. The molecule has 0 atom stereocenters. The van der Waals surface area contributed by atoms with E-state index in [1.54, 1.807) is 31.2 Å². The molecule has 7 heteroatoms. The summed E-state index contributed by atoms with van der Waals surface area (Å²) in [5, 5.41) is 3.57. The van der Waals surface area contributed by atoms with Crippen LogP contribution in [0.25, 0.3) is 21.3 Å². The number of aromatic nitrogens is 1. The highest BCUT2D eigenvalue weighted by Crippen LogP contribution is 2.22. The lowest BCUT2D eigenvalue weighted by molar-refractivity contribution is 0.100. The van der Waals surface area contributed by atoms with Gasteiger partial charge in [-0.25, -0.2) is 4.79 Å². The molecule has 0 bridgehead atoms. The molecule has 0 radical (unpaired) electrons. The fraction of sp³-hybridized carbons (Fsp3) is 0.167. The Morgan fingerprint density at radius 1 is 1.42 bits per heavy atom. The predicted molar refractivity (Wildman–Crippen MR) is 67.8 cm³/mol. The van der Waals surface area contributed by atoms with E-state index in [1.165, 1.54) is 10.8 Å². The predicted octanol–water partition coefficient (Wildman–Crippen LogP) is 3.10. The second-order valence-electron chi connectivity index (χ2n) is 3.62. The van der Waals surface area contributed by atoms with Crippen molar-refractivity contribution in [1.29, 1.82) is 0 Å². The summed E-state index contributed by atoms with van der Waals surface area (Å²) in [6.07, 6.45) is 0.735. The van der Waals surface area contributed by atoms with Crippen LogP contribution in [0.3, 0.4) is 0 Å². The summed E-state index contributed by atoms with van der Waals surface area (Å²) in [5.74, 6) is -0.734. The van der Waals surface area contributed by atoms with Crippen molar-refractivity contribution < 1.29 is 14.3 Å². The number of hydrogen-bond donors (Lipinski definition) is 0. The fourth-order valence-electron chi connectivity index (χ4n) is 1.79. The summed E-state index contributed by atoms with van der Waals surface area (Å²) < 4.78 is 6.12. The number of nitrogens with zero attached hydrogens (tertiary/aromatic N) is 4. The van der Waals surface area contributed by atoms with Gasteiger partial charge in [0.2, 0.25) is 0 Å². The summed E-state index contributed by atoms with van der Waals surface area (Å²) in [7, 11) is 0. The first-order chi connectivity index (χ1) is 9.19. The van der Waals surface area contributed by atoms with Gasteiger partial charge in [0.05, 0.1) is 17.7 Å². The van der Waals surface area contributed by atoms with Crippen LogP contribution < -0.4 is 0 Å². The van der Waals surface area contributed by atoms with Crippen LogP contribution in [-0.4, -0.2) is 23.2 Å². The molecule has 2 rings (SSSR count). The van der Waals surface area contributed by atoms with E-state index in [1.807, 2.05) is 0 Å². The first-order valence-corrected chi connectivity index (χ1v) is 5.55. The number of carbonyl (C=O) groups is 2. The summed E-state index contributed by atoms with van der Waals surface area (Å²) >= 11 is 0. The average Bonchev–Trinajstić information content (AvgIpc) is 2.79. The minimum atomic E-state index is -0.734. The van der Waals surface area contributed by atoms with E-state index in [-0.39, 0.29) is 12.2 Å². The normalized spacial score (nSPS) is 9.95. The average molecular weight is 258 g/mol. The van der Waals surface area contributed by atoms with Crippen molar-refractivity contribution in [2.75, 3.05) is 6.61 Å². The maximum absolute atomic E-state index is 11.8. The summed E-state index contributed by atoms with van der Waals surface area (Å²) in [6.45, 7) is 1.92. The highest BCUT2D eigenvalue weighted by molar-refractivity contribution is 6.09. The molecule has 0 unspecified atom stereocenters. The summed E-state index contributed by atoms with van der Waals surface area (Å²) in [6, 6.07) is 6.81. The quantitative estimate of drug-likeness (QED) is 0.470. The number of rotatable bonds is 2. The Kier molecular flexibility index (Phi) is 3.49. The second kappa shape index (κ2) is 5.24. The van der Waals surface area contributed by atoms with Crippen LogP contribution in [0.2, 0.25) is 0 Å². The molecule has 2 aromatic rings. The van der Waals surface area contributed by atoms with E-state index in [0.29, 0.717) is 10.9 Å². The molecule has 1 aromatic carbocycles. The third-order valence-electron chi connectivity index (χ3n) is 2.54. The first kappa shape index (κ1) is 12.7. The van der Waals surface area contributed by atoms with Crippen molar-refractivity contribution in [3.05, 3.63) is 46.5 Å². The van der Waals surface area contributed by atoms with Crippen LogP contribution in [-0.2, 0) is 4.74 Å². The van der Waals surface area contributed by atoms with E-state index >= 15 is 0 Å². The monoisotopic (exact) mass is 258 g/mol. The van der Waals surface area contributed by atoms with Gasteiger partial charge in [-0.1, -0.05) is 18.2 Å². The van der Waals surface area contributed by atoms with E-state index in [0.717, 1.165) is 0 Å². The van der Waals surface area contributed by atoms with E-state index in [4.69, 9.17) is 10.3 Å². The van der Waals surface area contributed by atoms with Gasteiger partial charge < -0.3 is 4.74 Å². The Bertz CT molecular complexity index is 698. The number of benzene rings is 1. The van der Waals surface area contributed by atoms with Crippen molar-refractivity contribution in [3.63, 3.8) is 0 Å². The molecule has 1 heterocycles. The van der Waals surface area contributed by atoms with Gasteiger partial charge in [-0.3, -0.25) is 9.36 Å². The molecule has 0 aliphatic heterocycles. The van der Waals surface area contributed by atoms with Gasteiger partial charge >= 0.3 is 6.09 Å². The van der Waals surface area contributed by atoms with Gasteiger partial charge in [0.15, 0.2) is 0 Å². The van der Waals surface area contributed by atoms with Gasteiger partial charge in [0.25, 0.3) is 5.91 Å². The van der Waals surface area contributed by atoms with Gasteiger partial charge in [-0.15, -0.1) is 0 Å². The molecule has 0 aliphatic rings. The maximum atomic E-state index is 11.8. The molecule has 0 fully saturated rings. The Labute approximate surface area is 108 Å². The van der Waals surface area contributed by atoms with Crippen molar-refractivity contribution in [3.8, 4) is 0 Å². The van der Waals surface area contributed by atoms with Crippen LogP contribution in [0.4, 0.5) is 4.79 Å². The zero-order valence-corrected chi connectivity index (χ0v) is 10.1. The Morgan fingerprint density at radius 2 is 2.16 bits per heavy atom. The van der Waals surface area contributed by atoms with E-state index in [9.17, 15) is 9.59 Å². The lowest BCUT2D eigenvalue weighted by Crippen LogP contribution is -2.12. The standard InChI is InChI=1S/C12H10N4O3/c1-2-19-12(18)16-7-9(11(17)14-15-13)8-5-3-4-6-10(8)16/h3-7H,2H2,1H3. The third-order valence-corrected chi connectivity index (χ3v) is 2.54.